The van der Waals surface area contributed by atoms with E-state index in [0.29, 0.717) is 0 Å². The van der Waals surface area contributed by atoms with E-state index in [4.69, 9.17) is 4.74 Å². The molecule has 0 heterocycles. The van der Waals surface area contributed by atoms with Crippen LogP contribution in [0.25, 0.3) is 0 Å². The molecule has 0 aliphatic carbocycles. The van der Waals surface area contributed by atoms with Crippen molar-refractivity contribution in [2.45, 2.75) is 19.4 Å². The summed E-state index contributed by atoms with van der Waals surface area (Å²) in [6.45, 7) is 2.11. The van der Waals surface area contributed by atoms with Gasteiger partial charge in [-0.25, -0.2) is 0 Å². The van der Waals surface area contributed by atoms with E-state index >= 15 is 0 Å². The Kier molecular flexibility index (Phi) is 5.85. The van der Waals surface area contributed by atoms with Gasteiger partial charge in [0.05, 0.1) is 7.11 Å². The third-order valence-electron chi connectivity index (χ3n) is 3.61. The molecular formula is C17H19Br2NO. The van der Waals surface area contributed by atoms with Crippen molar-refractivity contribution in [3.8, 4) is 5.75 Å². The van der Waals surface area contributed by atoms with Gasteiger partial charge in [0, 0.05) is 15.0 Å². The Morgan fingerprint density at radius 2 is 1.81 bits per heavy atom. The first kappa shape index (κ1) is 16.5. The Morgan fingerprint density at radius 1 is 1.10 bits per heavy atom. The minimum absolute atomic E-state index is 0.264. The van der Waals surface area contributed by atoms with Crippen molar-refractivity contribution in [1.29, 1.82) is 0 Å². The largest absolute Gasteiger partial charge is 0.497 e. The SMILES string of the molecule is CNC(Cc1cc(OC)ccc1Br)c1ccc(Br)c(C)c1. The van der Waals surface area contributed by atoms with Gasteiger partial charge >= 0.3 is 0 Å². The summed E-state index contributed by atoms with van der Waals surface area (Å²) in [5.74, 6) is 0.884. The van der Waals surface area contributed by atoms with Gasteiger partial charge in [-0.2, -0.15) is 0 Å². The normalized spacial score (nSPS) is 12.2. The Labute approximate surface area is 143 Å². The number of likely N-dealkylation sites (N-methyl/N-ethyl adjacent to an activating group) is 1. The number of halogens is 2. The van der Waals surface area contributed by atoms with E-state index in [0.717, 1.165) is 21.1 Å². The van der Waals surface area contributed by atoms with Crippen LogP contribution in [0, 0.1) is 6.92 Å². The second-order valence-electron chi connectivity index (χ2n) is 5.01. The number of ether oxygens (including phenoxy) is 1. The summed E-state index contributed by atoms with van der Waals surface area (Å²) in [6, 6.07) is 12.8. The molecule has 0 aliphatic rings. The highest BCUT2D eigenvalue weighted by molar-refractivity contribution is 9.10. The summed E-state index contributed by atoms with van der Waals surface area (Å²) < 4.78 is 7.57. The van der Waals surface area contributed by atoms with Gasteiger partial charge in [0.2, 0.25) is 0 Å². The van der Waals surface area contributed by atoms with E-state index in [1.807, 2.05) is 19.2 Å². The molecule has 2 aromatic carbocycles. The molecule has 2 rings (SSSR count). The van der Waals surface area contributed by atoms with Gasteiger partial charge in [0.1, 0.15) is 5.75 Å². The molecule has 1 unspecified atom stereocenters. The zero-order valence-electron chi connectivity index (χ0n) is 12.4. The number of aryl methyl sites for hydroxylation is 1. The van der Waals surface area contributed by atoms with Crippen LogP contribution in [0.1, 0.15) is 22.7 Å². The van der Waals surface area contributed by atoms with Crippen molar-refractivity contribution in [2.24, 2.45) is 0 Å². The van der Waals surface area contributed by atoms with Crippen LogP contribution in [0.3, 0.4) is 0 Å². The van der Waals surface area contributed by atoms with Crippen molar-refractivity contribution in [3.05, 3.63) is 62.0 Å². The fourth-order valence-corrected chi connectivity index (χ4v) is 2.98. The molecule has 0 radical (unpaired) electrons. The summed E-state index contributed by atoms with van der Waals surface area (Å²) in [7, 11) is 3.69. The van der Waals surface area contributed by atoms with Crippen LogP contribution in [0.5, 0.6) is 5.75 Å². The van der Waals surface area contributed by atoms with Gasteiger partial charge in [-0.15, -0.1) is 0 Å². The average molecular weight is 413 g/mol. The molecule has 1 atom stereocenters. The van der Waals surface area contributed by atoms with Crippen LogP contribution in [0.2, 0.25) is 0 Å². The number of nitrogens with one attached hydrogen (secondary N) is 1. The van der Waals surface area contributed by atoms with Gasteiger partial charge in [-0.05, 0) is 61.3 Å². The van der Waals surface area contributed by atoms with E-state index in [9.17, 15) is 0 Å². The lowest BCUT2D eigenvalue weighted by atomic mass is 9.97. The summed E-state index contributed by atoms with van der Waals surface area (Å²) in [6.07, 6.45) is 0.898. The predicted molar refractivity (Wildman–Crippen MR) is 95.1 cm³/mol. The van der Waals surface area contributed by atoms with Crippen molar-refractivity contribution in [3.63, 3.8) is 0 Å². The second kappa shape index (κ2) is 7.43. The van der Waals surface area contributed by atoms with Crippen LogP contribution in [0.15, 0.2) is 45.3 Å². The van der Waals surface area contributed by atoms with E-state index in [1.54, 1.807) is 7.11 Å². The molecule has 4 heteroatoms. The highest BCUT2D eigenvalue weighted by atomic mass is 79.9. The van der Waals surface area contributed by atoms with Gasteiger partial charge in [0.15, 0.2) is 0 Å². The molecule has 0 aliphatic heterocycles. The maximum atomic E-state index is 5.32. The fraction of sp³-hybridized carbons (Fsp3) is 0.294. The molecule has 1 N–H and O–H groups in total. The van der Waals surface area contributed by atoms with Crippen molar-refractivity contribution < 1.29 is 4.74 Å². The van der Waals surface area contributed by atoms with Crippen LogP contribution in [-0.2, 0) is 6.42 Å². The first-order chi connectivity index (χ1) is 10.0. The maximum absolute atomic E-state index is 5.32. The van der Waals surface area contributed by atoms with Crippen LogP contribution >= 0.6 is 31.9 Å². The minimum Gasteiger partial charge on any atom is -0.497 e. The Morgan fingerprint density at radius 3 is 2.43 bits per heavy atom. The van der Waals surface area contributed by atoms with Crippen LogP contribution in [0.4, 0.5) is 0 Å². The smallest absolute Gasteiger partial charge is 0.119 e. The summed E-state index contributed by atoms with van der Waals surface area (Å²) in [5, 5.41) is 3.40. The Hall–Kier alpha value is -0.840. The summed E-state index contributed by atoms with van der Waals surface area (Å²) in [4.78, 5) is 0. The lowest BCUT2D eigenvalue weighted by Crippen LogP contribution is -2.19. The first-order valence-electron chi connectivity index (χ1n) is 6.81. The maximum Gasteiger partial charge on any atom is 0.119 e. The summed E-state index contributed by atoms with van der Waals surface area (Å²) >= 11 is 7.18. The quantitative estimate of drug-likeness (QED) is 0.743. The standard InChI is InChI=1S/C17H19Br2NO/c1-11-8-12(4-6-15(11)18)17(20-2)10-13-9-14(21-3)5-7-16(13)19/h4-9,17,20H,10H2,1-3H3. The van der Waals surface area contributed by atoms with E-state index in [2.05, 4.69) is 68.4 Å². The molecule has 112 valence electrons. The second-order valence-corrected chi connectivity index (χ2v) is 6.72. The molecule has 0 bridgehead atoms. The molecule has 2 aromatic rings. The monoisotopic (exact) mass is 411 g/mol. The van der Waals surface area contributed by atoms with Crippen molar-refractivity contribution in [1.82, 2.24) is 5.32 Å². The predicted octanol–water partition coefficient (Wildman–Crippen LogP) is 5.03. The number of rotatable bonds is 5. The number of methoxy groups -OCH3 is 1. The van der Waals surface area contributed by atoms with Crippen LogP contribution in [-0.4, -0.2) is 14.2 Å². The molecule has 0 saturated carbocycles. The minimum atomic E-state index is 0.264. The Balaban J connectivity index is 2.28. The number of hydrogen-bond donors (Lipinski definition) is 1. The number of hydrogen-bond acceptors (Lipinski definition) is 2. The Bertz CT molecular complexity index is 628. The third-order valence-corrected chi connectivity index (χ3v) is 5.27. The van der Waals surface area contributed by atoms with E-state index in [1.165, 1.54) is 16.7 Å². The lowest BCUT2D eigenvalue weighted by molar-refractivity contribution is 0.414. The van der Waals surface area contributed by atoms with Crippen molar-refractivity contribution >= 4 is 31.9 Å². The fourth-order valence-electron chi connectivity index (χ4n) is 2.33. The third kappa shape index (κ3) is 4.09. The molecule has 21 heavy (non-hydrogen) atoms. The van der Waals surface area contributed by atoms with E-state index < -0.39 is 0 Å². The van der Waals surface area contributed by atoms with Gasteiger partial charge in [0.25, 0.3) is 0 Å². The van der Waals surface area contributed by atoms with Gasteiger partial charge < -0.3 is 10.1 Å². The van der Waals surface area contributed by atoms with Crippen LogP contribution < -0.4 is 10.1 Å². The molecule has 0 aromatic heterocycles. The zero-order chi connectivity index (χ0) is 15.4. The molecular weight excluding hydrogens is 394 g/mol. The molecule has 0 saturated heterocycles. The van der Waals surface area contributed by atoms with Gasteiger partial charge in [-0.1, -0.05) is 44.0 Å². The highest BCUT2D eigenvalue weighted by Gasteiger charge is 2.13. The number of benzene rings is 2. The molecule has 2 nitrogen and oxygen atoms in total. The molecule has 0 spiro atoms. The molecule has 0 amide bonds. The highest BCUT2D eigenvalue weighted by Crippen LogP contribution is 2.28. The zero-order valence-corrected chi connectivity index (χ0v) is 15.6. The lowest BCUT2D eigenvalue weighted by Gasteiger charge is -2.19. The van der Waals surface area contributed by atoms with Gasteiger partial charge in [-0.3, -0.25) is 0 Å². The average Bonchev–Trinajstić information content (AvgIpc) is 2.49. The first-order valence-corrected chi connectivity index (χ1v) is 8.39. The topological polar surface area (TPSA) is 21.3 Å². The van der Waals surface area contributed by atoms with E-state index in [-0.39, 0.29) is 6.04 Å². The van der Waals surface area contributed by atoms with Crippen molar-refractivity contribution in [2.75, 3.05) is 14.2 Å². The summed E-state index contributed by atoms with van der Waals surface area (Å²) in [5.41, 5.74) is 3.76. The molecule has 0 fully saturated rings.